The first-order valence-corrected chi connectivity index (χ1v) is 8.06. The smallest absolute Gasteiger partial charge is 0.425 e. The molecule has 0 bridgehead atoms. The molecule has 2 aliphatic rings. The normalized spacial score (nSPS) is 21.4. The summed E-state index contributed by atoms with van der Waals surface area (Å²) < 4.78 is 46.8. The molecule has 1 aliphatic heterocycles. The van der Waals surface area contributed by atoms with Gasteiger partial charge in [0.05, 0.1) is 5.71 Å². The fraction of sp³-hybridized carbons (Fsp3) is 0.263. The highest BCUT2D eigenvalue weighted by Gasteiger charge is 2.60. The Labute approximate surface area is 146 Å². The van der Waals surface area contributed by atoms with Crippen molar-refractivity contribution in [2.24, 2.45) is 4.99 Å². The largest absolute Gasteiger partial charge is 0.488 e. The van der Waals surface area contributed by atoms with Gasteiger partial charge in [0.15, 0.2) is 0 Å². The van der Waals surface area contributed by atoms with Crippen LogP contribution in [0.15, 0.2) is 47.5 Å². The van der Waals surface area contributed by atoms with E-state index in [1.165, 1.54) is 24.3 Å². The molecule has 0 aromatic heterocycles. The standard InChI is InChI=1S/C19H14F3NO3/c20-19(21,22)18(25)15-4-2-1-3-13(15)14-7-6-12(9-16(14)18)26-10-11-5-8-17(24)23-11/h1-4,6-7,9,25H,5,8,10H2. The molecule has 1 N–H and O–H groups in total. The first-order chi connectivity index (χ1) is 12.3. The Hall–Kier alpha value is -2.67. The Morgan fingerprint density at radius 3 is 2.50 bits per heavy atom. The third kappa shape index (κ3) is 2.42. The summed E-state index contributed by atoms with van der Waals surface area (Å²) in [6, 6.07) is 10.2. The van der Waals surface area contributed by atoms with E-state index in [4.69, 9.17) is 4.74 Å². The zero-order valence-electron chi connectivity index (χ0n) is 13.5. The number of amides is 1. The molecule has 0 saturated carbocycles. The molecule has 4 nitrogen and oxygen atoms in total. The SMILES string of the molecule is O=C1CCC(COc2ccc3c(c2)C(O)(C(F)(F)F)c2ccccc2-3)=N1. The third-order valence-corrected chi connectivity index (χ3v) is 4.71. The second-order valence-corrected chi connectivity index (χ2v) is 6.32. The summed E-state index contributed by atoms with van der Waals surface area (Å²) in [4.78, 5) is 14.9. The van der Waals surface area contributed by atoms with Crippen LogP contribution in [0.2, 0.25) is 0 Å². The third-order valence-electron chi connectivity index (χ3n) is 4.71. The Bertz CT molecular complexity index is 936. The molecule has 0 saturated heterocycles. The molecule has 26 heavy (non-hydrogen) atoms. The van der Waals surface area contributed by atoms with E-state index >= 15 is 0 Å². The first kappa shape index (κ1) is 16.8. The summed E-state index contributed by atoms with van der Waals surface area (Å²) in [7, 11) is 0. The van der Waals surface area contributed by atoms with E-state index in [9.17, 15) is 23.1 Å². The van der Waals surface area contributed by atoms with Gasteiger partial charge in [-0.1, -0.05) is 30.3 Å². The summed E-state index contributed by atoms with van der Waals surface area (Å²) in [5.74, 6) is -0.0410. The molecule has 4 rings (SSSR count). The number of aliphatic imine (C=N–C) groups is 1. The Kier molecular flexibility index (Phi) is 3.66. The first-order valence-electron chi connectivity index (χ1n) is 8.06. The minimum absolute atomic E-state index is 0.0297. The van der Waals surface area contributed by atoms with Gasteiger partial charge in [0.2, 0.25) is 11.5 Å². The van der Waals surface area contributed by atoms with E-state index in [1.807, 2.05) is 0 Å². The average Bonchev–Trinajstić information content (AvgIpc) is 3.13. The van der Waals surface area contributed by atoms with Crippen LogP contribution in [0.5, 0.6) is 5.75 Å². The zero-order chi connectivity index (χ0) is 18.5. The fourth-order valence-corrected chi connectivity index (χ4v) is 3.44. The van der Waals surface area contributed by atoms with E-state index in [0.717, 1.165) is 0 Å². The minimum atomic E-state index is -4.88. The number of ether oxygens (including phenoxy) is 1. The number of fused-ring (bicyclic) bond motifs is 3. The van der Waals surface area contributed by atoms with Crippen molar-refractivity contribution in [3.8, 4) is 16.9 Å². The lowest BCUT2D eigenvalue weighted by Gasteiger charge is -2.28. The molecule has 134 valence electrons. The van der Waals surface area contributed by atoms with Gasteiger partial charge in [-0.15, -0.1) is 0 Å². The highest BCUT2D eigenvalue weighted by atomic mass is 19.4. The molecule has 1 atom stereocenters. The van der Waals surface area contributed by atoms with Crippen molar-refractivity contribution >= 4 is 11.6 Å². The predicted octanol–water partition coefficient (Wildman–Crippen LogP) is 3.61. The lowest BCUT2D eigenvalue weighted by Crippen LogP contribution is -2.41. The molecule has 0 fully saturated rings. The van der Waals surface area contributed by atoms with Crippen LogP contribution in [0.1, 0.15) is 24.0 Å². The molecule has 1 unspecified atom stereocenters. The maximum Gasteiger partial charge on any atom is 0.425 e. The van der Waals surface area contributed by atoms with E-state index in [2.05, 4.69) is 4.99 Å². The van der Waals surface area contributed by atoms with Crippen LogP contribution in [-0.2, 0) is 10.4 Å². The molecule has 0 radical (unpaired) electrons. The van der Waals surface area contributed by atoms with Crippen LogP contribution in [0.3, 0.4) is 0 Å². The quantitative estimate of drug-likeness (QED) is 0.909. The van der Waals surface area contributed by atoms with Crippen LogP contribution < -0.4 is 4.74 Å². The van der Waals surface area contributed by atoms with E-state index < -0.39 is 11.8 Å². The second kappa shape index (κ2) is 5.67. The maximum atomic E-state index is 13.8. The Morgan fingerprint density at radius 2 is 1.81 bits per heavy atom. The van der Waals surface area contributed by atoms with Gasteiger partial charge in [0.25, 0.3) is 0 Å². The van der Waals surface area contributed by atoms with Crippen LogP contribution in [-0.4, -0.2) is 29.5 Å². The van der Waals surface area contributed by atoms with E-state index in [1.54, 1.807) is 18.2 Å². The molecule has 7 heteroatoms. The summed E-state index contributed by atoms with van der Waals surface area (Å²) in [6.45, 7) is 0.0297. The van der Waals surface area contributed by atoms with Crippen LogP contribution in [0.25, 0.3) is 11.1 Å². The molecule has 0 spiro atoms. The molecule has 2 aromatic rings. The van der Waals surface area contributed by atoms with Gasteiger partial charge in [0.1, 0.15) is 12.4 Å². The van der Waals surface area contributed by atoms with Gasteiger partial charge in [0, 0.05) is 17.5 Å². The topological polar surface area (TPSA) is 58.9 Å². The van der Waals surface area contributed by atoms with Gasteiger partial charge in [-0.05, 0) is 29.7 Å². The van der Waals surface area contributed by atoms with Crippen LogP contribution in [0, 0.1) is 0 Å². The Balaban J connectivity index is 1.73. The number of carbonyl (C=O) groups is 1. The number of hydrogen-bond acceptors (Lipinski definition) is 3. The van der Waals surface area contributed by atoms with Crippen LogP contribution >= 0.6 is 0 Å². The summed E-state index contributed by atoms with van der Waals surface area (Å²) in [5, 5.41) is 10.6. The second-order valence-electron chi connectivity index (χ2n) is 6.32. The van der Waals surface area contributed by atoms with Gasteiger partial charge in [-0.2, -0.15) is 13.2 Å². The number of nitrogens with zero attached hydrogens (tertiary/aromatic N) is 1. The van der Waals surface area contributed by atoms with E-state index in [0.29, 0.717) is 29.7 Å². The predicted molar refractivity (Wildman–Crippen MR) is 88.1 cm³/mol. The van der Waals surface area contributed by atoms with Crippen molar-refractivity contribution in [2.45, 2.75) is 24.6 Å². The highest BCUT2D eigenvalue weighted by molar-refractivity contribution is 6.02. The molecule has 1 heterocycles. The van der Waals surface area contributed by atoms with Gasteiger partial charge in [-0.3, -0.25) is 4.79 Å². The zero-order valence-corrected chi connectivity index (χ0v) is 13.5. The van der Waals surface area contributed by atoms with Crippen molar-refractivity contribution in [1.82, 2.24) is 0 Å². The number of carbonyl (C=O) groups excluding carboxylic acids is 1. The lowest BCUT2D eigenvalue weighted by atomic mass is 9.91. The number of hydrogen-bond donors (Lipinski definition) is 1. The van der Waals surface area contributed by atoms with Crippen molar-refractivity contribution in [1.29, 1.82) is 0 Å². The van der Waals surface area contributed by atoms with Gasteiger partial charge >= 0.3 is 6.18 Å². The van der Waals surface area contributed by atoms with Crippen molar-refractivity contribution < 1.29 is 27.8 Å². The molecule has 1 amide bonds. The number of halogens is 3. The number of rotatable bonds is 3. The van der Waals surface area contributed by atoms with Crippen molar-refractivity contribution in [3.63, 3.8) is 0 Å². The van der Waals surface area contributed by atoms with Crippen LogP contribution in [0.4, 0.5) is 13.2 Å². The van der Waals surface area contributed by atoms with E-state index in [-0.39, 0.29) is 29.4 Å². The minimum Gasteiger partial charge on any atom is -0.488 e. The maximum absolute atomic E-state index is 13.8. The fourth-order valence-electron chi connectivity index (χ4n) is 3.44. The van der Waals surface area contributed by atoms with Crippen molar-refractivity contribution in [2.75, 3.05) is 6.61 Å². The Morgan fingerprint density at radius 1 is 1.08 bits per heavy atom. The summed E-state index contributed by atoms with van der Waals surface area (Å²) in [6.07, 6.45) is -4.07. The monoisotopic (exact) mass is 361 g/mol. The molecular formula is C19H14F3NO3. The summed E-state index contributed by atoms with van der Waals surface area (Å²) in [5.41, 5.74) is -2.30. The van der Waals surface area contributed by atoms with Crippen molar-refractivity contribution in [3.05, 3.63) is 53.6 Å². The average molecular weight is 361 g/mol. The number of aliphatic hydroxyl groups is 1. The lowest BCUT2D eigenvalue weighted by molar-refractivity contribution is -0.246. The molecule has 1 aliphatic carbocycles. The number of benzene rings is 2. The summed E-state index contributed by atoms with van der Waals surface area (Å²) >= 11 is 0. The number of alkyl halides is 3. The molecular weight excluding hydrogens is 347 g/mol. The highest BCUT2D eigenvalue weighted by Crippen LogP contribution is 2.55. The van der Waals surface area contributed by atoms with Gasteiger partial charge in [-0.25, -0.2) is 4.99 Å². The molecule has 2 aromatic carbocycles. The van der Waals surface area contributed by atoms with Gasteiger partial charge < -0.3 is 9.84 Å².